The van der Waals surface area contributed by atoms with Crippen LogP contribution in [0.2, 0.25) is 0 Å². The molecule has 1 aromatic rings. The fraction of sp³-hybridized carbons (Fsp3) is 0.706. The molecule has 0 aliphatic heterocycles. The minimum atomic E-state index is -0.585. The van der Waals surface area contributed by atoms with Gasteiger partial charge in [-0.25, -0.2) is 0 Å². The van der Waals surface area contributed by atoms with Gasteiger partial charge >= 0.3 is 0 Å². The number of aliphatic hydroxyl groups is 1. The Morgan fingerprint density at radius 2 is 1.86 bits per heavy atom. The van der Waals surface area contributed by atoms with Crippen molar-refractivity contribution in [3.05, 3.63) is 23.2 Å². The summed E-state index contributed by atoms with van der Waals surface area (Å²) in [5.41, 5.74) is 0.820. The largest absolute Gasteiger partial charge is 0.466 e. The number of hydrogen-bond acceptors (Lipinski definition) is 3. The lowest BCUT2D eigenvalue weighted by Gasteiger charge is -2.16. The topological polar surface area (TPSA) is 62.5 Å². The maximum atomic E-state index is 12.1. The first-order valence-electron chi connectivity index (χ1n) is 8.02. The van der Waals surface area contributed by atoms with E-state index in [4.69, 9.17) is 4.42 Å². The van der Waals surface area contributed by atoms with Gasteiger partial charge in [0.1, 0.15) is 11.5 Å². The van der Waals surface area contributed by atoms with E-state index < -0.39 is 6.10 Å². The van der Waals surface area contributed by atoms with Crippen molar-refractivity contribution in [2.24, 2.45) is 5.92 Å². The van der Waals surface area contributed by atoms with Crippen LogP contribution in [0, 0.1) is 19.8 Å². The fourth-order valence-electron chi connectivity index (χ4n) is 2.72. The van der Waals surface area contributed by atoms with Gasteiger partial charge in [-0.2, -0.15) is 0 Å². The van der Waals surface area contributed by atoms with Gasteiger partial charge in [0.2, 0.25) is 5.91 Å². The molecule has 0 radical (unpaired) electrons. The average Bonchev–Trinajstić information content (AvgIpc) is 2.77. The zero-order valence-electron chi connectivity index (χ0n) is 13.7. The molecule has 1 atom stereocenters. The standard InChI is InChI=1S/C17H29NO3/c1-5-7-14(8-6-2)17(20)18-10-9-16(19)15-11-12(3)21-13(15)4/h11,14,16,19H,5-10H2,1-4H3,(H,18,20). The molecule has 4 heteroatoms. The molecule has 120 valence electrons. The van der Waals surface area contributed by atoms with Crippen LogP contribution in [0.5, 0.6) is 0 Å². The molecule has 1 aromatic heterocycles. The summed E-state index contributed by atoms with van der Waals surface area (Å²) < 4.78 is 5.42. The third-order valence-corrected chi connectivity index (χ3v) is 3.80. The molecule has 1 heterocycles. The van der Waals surface area contributed by atoms with Crippen molar-refractivity contribution < 1.29 is 14.3 Å². The number of rotatable bonds is 9. The monoisotopic (exact) mass is 295 g/mol. The highest BCUT2D eigenvalue weighted by atomic mass is 16.3. The lowest BCUT2D eigenvalue weighted by Crippen LogP contribution is -2.32. The van der Waals surface area contributed by atoms with Gasteiger partial charge in [0, 0.05) is 18.0 Å². The maximum Gasteiger partial charge on any atom is 0.223 e. The Morgan fingerprint density at radius 3 is 2.33 bits per heavy atom. The van der Waals surface area contributed by atoms with Gasteiger partial charge in [-0.1, -0.05) is 26.7 Å². The summed E-state index contributed by atoms with van der Waals surface area (Å²) in [6, 6.07) is 1.86. The number of hydrogen-bond donors (Lipinski definition) is 2. The minimum Gasteiger partial charge on any atom is -0.466 e. The predicted octanol–water partition coefficient (Wildman–Crippen LogP) is 3.65. The van der Waals surface area contributed by atoms with Gasteiger partial charge in [-0.15, -0.1) is 0 Å². The Hall–Kier alpha value is -1.29. The molecule has 1 amide bonds. The van der Waals surface area contributed by atoms with Crippen LogP contribution in [0.25, 0.3) is 0 Å². The van der Waals surface area contributed by atoms with E-state index in [1.807, 2.05) is 19.9 Å². The van der Waals surface area contributed by atoms with Crippen LogP contribution in [0.15, 0.2) is 10.5 Å². The van der Waals surface area contributed by atoms with Gasteiger partial charge < -0.3 is 14.8 Å². The second-order valence-electron chi connectivity index (χ2n) is 5.74. The highest BCUT2D eigenvalue weighted by Gasteiger charge is 2.18. The Kier molecular flexibility index (Phi) is 7.51. The van der Waals surface area contributed by atoms with E-state index in [9.17, 15) is 9.90 Å². The molecule has 1 rings (SSSR count). The third kappa shape index (κ3) is 5.54. The molecule has 2 N–H and O–H groups in total. The number of carbonyl (C=O) groups excluding carboxylic acids is 1. The Bertz CT molecular complexity index is 433. The molecular formula is C17H29NO3. The second-order valence-corrected chi connectivity index (χ2v) is 5.74. The quantitative estimate of drug-likeness (QED) is 0.731. The molecule has 0 fully saturated rings. The fourth-order valence-corrected chi connectivity index (χ4v) is 2.72. The van der Waals surface area contributed by atoms with Crippen molar-refractivity contribution >= 4 is 5.91 Å². The summed E-state index contributed by atoms with van der Waals surface area (Å²) in [4.78, 5) is 12.1. The normalized spacial score (nSPS) is 12.7. The van der Waals surface area contributed by atoms with Crippen molar-refractivity contribution in [3.63, 3.8) is 0 Å². The van der Waals surface area contributed by atoms with Gasteiger partial charge in [-0.05, 0) is 39.2 Å². The second kappa shape index (κ2) is 8.88. The van der Waals surface area contributed by atoms with Crippen molar-refractivity contribution in [3.8, 4) is 0 Å². The van der Waals surface area contributed by atoms with Crippen LogP contribution in [-0.4, -0.2) is 17.6 Å². The van der Waals surface area contributed by atoms with E-state index in [2.05, 4.69) is 19.2 Å². The molecule has 0 saturated heterocycles. The van der Waals surface area contributed by atoms with E-state index in [0.29, 0.717) is 13.0 Å². The van der Waals surface area contributed by atoms with E-state index in [0.717, 1.165) is 42.8 Å². The molecule has 0 bridgehead atoms. The summed E-state index contributed by atoms with van der Waals surface area (Å²) in [5, 5.41) is 13.1. The average molecular weight is 295 g/mol. The van der Waals surface area contributed by atoms with Gasteiger partial charge in [0.05, 0.1) is 6.10 Å². The van der Waals surface area contributed by atoms with Crippen LogP contribution >= 0.6 is 0 Å². The molecule has 4 nitrogen and oxygen atoms in total. The number of nitrogens with one attached hydrogen (secondary N) is 1. The molecular weight excluding hydrogens is 266 g/mol. The first-order chi connectivity index (χ1) is 9.99. The zero-order chi connectivity index (χ0) is 15.8. The van der Waals surface area contributed by atoms with Crippen LogP contribution in [-0.2, 0) is 4.79 Å². The molecule has 0 aliphatic rings. The number of amides is 1. The lowest BCUT2D eigenvalue weighted by atomic mass is 9.97. The third-order valence-electron chi connectivity index (χ3n) is 3.80. The molecule has 0 aromatic carbocycles. The van der Waals surface area contributed by atoms with Crippen LogP contribution in [0.3, 0.4) is 0 Å². The summed E-state index contributed by atoms with van der Waals surface area (Å²) in [6.45, 7) is 8.41. The zero-order valence-corrected chi connectivity index (χ0v) is 13.7. The first-order valence-corrected chi connectivity index (χ1v) is 8.02. The Balaban J connectivity index is 2.41. The van der Waals surface area contributed by atoms with E-state index in [-0.39, 0.29) is 11.8 Å². The highest BCUT2D eigenvalue weighted by molar-refractivity contribution is 5.78. The maximum absolute atomic E-state index is 12.1. The summed E-state index contributed by atoms with van der Waals surface area (Å²) in [5.74, 6) is 1.78. The Labute approximate surface area is 127 Å². The van der Waals surface area contributed by atoms with Crippen molar-refractivity contribution in [2.45, 2.75) is 65.9 Å². The summed E-state index contributed by atoms with van der Waals surface area (Å²) in [7, 11) is 0. The molecule has 0 aliphatic carbocycles. The van der Waals surface area contributed by atoms with Crippen molar-refractivity contribution in [2.75, 3.05) is 6.54 Å². The molecule has 0 spiro atoms. The number of furan rings is 1. The van der Waals surface area contributed by atoms with E-state index in [1.165, 1.54) is 0 Å². The van der Waals surface area contributed by atoms with Gasteiger partial charge in [-0.3, -0.25) is 4.79 Å². The summed E-state index contributed by atoms with van der Waals surface area (Å²) >= 11 is 0. The van der Waals surface area contributed by atoms with E-state index >= 15 is 0 Å². The van der Waals surface area contributed by atoms with Crippen LogP contribution in [0.1, 0.15) is 69.1 Å². The van der Waals surface area contributed by atoms with Crippen LogP contribution in [0.4, 0.5) is 0 Å². The number of aliphatic hydroxyl groups excluding tert-OH is 1. The van der Waals surface area contributed by atoms with Crippen molar-refractivity contribution in [1.29, 1.82) is 0 Å². The SMILES string of the molecule is CCCC(CCC)C(=O)NCCC(O)c1cc(C)oc1C. The molecule has 21 heavy (non-hydrogen) atoms. The number of carbonyl (C=O) groups is 1. The van der Waals surface area contributed by atoms with Crippen molar-refractivity contribution in [1.82, 2.24) is 5.32 Å². The molecule has 1 unspecified atom stereocenters. The van der Waals surface area contributed by atoms with Gasteiger partial charge in [0.25, 0.3) is 0 Å². The predicted molar refractivity (Wildman–Crippen MR) is 84.1 cm³/mol. The smallest absolute Gasteiger partial charge is 0.223 e. The van der Waals surface area contributed by atoms with Crippen LogP contribution < -0.4 is 5.32 Å². The Morgan fingerprint density at radius 1 is 1.24 bits per heavy atom. The van der Waals surface area contributed by atoms with Gasteiger partial charge in [0.15, 0.2) is 0 Å². The minimum absolute atomic E-state index is 0.107. The highest BCUT2D eigenvalue weighted by Crippen LogP contribution is 2.23. The summed E-state index contributed by atoms with van der Waals surface area (Å²) in [6.07, 6.45) is 3.84. The first kappa shape index (κ1) is 17.8. The number of aryl methyl sites for hydroxylation is 2. The van der Waals surface area contributed by atoms with E-state index in [1.54, 1.807) is 0 Å². The lowest BCUT2D eigenvalue weighted by molar-refractivity contribution is -0.125. The molecule has 0 saturated carbocycles.